The molecule has 2 rings (SSSR count). The first-order valence-electron chi connectivity index (χ1n) is 7.75. The van der Waals surface area contributed by atoms with Gasteiger partial charge in [0, 0.05) is 36.5 Å². The Hall–Kier alpha value is -1.29. The van der Waals surface area contributed by atoms with Gasteiger partial charge in [0.2, 0.25) is 0 Å². The Morgan fingerprint density at radius 1 is 1.32 bits per heavy atom. The molecule has 1 atom stereocenters. The number of aryl methyl sites for hydroxylation is 2. The number of hydrogen-bond acceptors (Lipinski definition) is 3. The van der Waals surface area contributed by atoms with Crippen LogP contribution in [-0.4, -0.2) is 24.5 Å². The zero-order valence-corrected chi connectivity index (χ0v) is 17.8. The van der Waals surface area contributed by atoms with Crippen LogP contribution in [0, 0.1) is 25.5 Å². The van der Waals surface area contributed by atoms with Crippen molar-refractivity contribution >= 4 is 41.3 Å². The van der Waals surface area contributed by atoms with Gasteiger partial charge in [-0.25, -0.2) is 13.8 Å². The standard InChI is InChI=1S/C17H22F2N4S.HI/c1-10(14-6-5-13(18)9-15(14)19)23-17(20-4)21-8-7-16-11(2)22-12(3)24-16;/h5-6,9-10H,7-8H2,1-4H3,(H2,20,21,23);1H. The van der Waals surface area contributed by atoms with E-state index in [-0.39, 0.29) is 30.0 Å². The van der Waals surface area contributed by atoms with Crippen LogP contribution in [0.3, 0.4) is 0 Å². The van der Waals surface area contributed by atoms with E-state index in [0.717, 1.165) is 23.2 Å². The van der Waals surface area contributed by atoms with E-state index in [1.165, 1.54) is 17.0 Å². The summed E-state index contributed by atoms with van der Waals surface area (Å²) in [7, 11) is 1.66. The molecule has 1 aromatic heterocycles. The smallest absolute Gasteiger partial charge is 0.191 e. The van der Waals surface area contributed by atoms with Gasteiger partial charge < -0.3 is 10.6 Å². The maximum atomic E-state index is 13.8. The molecular weight excluding hydrogens is 457 g/mol. The van der Waals surface area contributed by atoms with E-state index in [0.29, 0.717) is 18.1 Å². The molecule has 8 heteroatoms. The molecule has 4 nitrogen and oxygen atoms in total. The van der Waals surface area contributed by atoms with E-state index in [9.17, 15) is 8.78 Å². The molecular formula is C17H23F2IN4S. The zero-order valence-electron chi connectivity index (χ0n) is 14.7. The van der Waals surface area contributed by atoms with Crippen LogP contribution in [0.2, 0.25) is 0 Å². The Bertz CT molecular complexity index is 733. The van der Waals surface area contributed by atoms with Crippen LogP contribution in [0.4, 0.5) is 8.78 Å². The number of nitrogens with one attached hydrogen (secondary N) is 2. The Balaban J connectivity index is 0.00000312. The maximum Gasteiger partial charge on any atom is 0.191 e. The highest BCUT2D eigenvalue weighted by Gasteiger charge is 2.13. The highest BCUT2D eigenvalue weighted by molar-refractivity contribution is 14.0. The SMILES string of the molecule is CN=C(NCCc1sc(C)nc1C)NC(C)c1ccc(F)cc1F.I. The second-order valence-electron chi connectivity index (χ2n) is 5.52. The molecule has 2 aromatic rings. The normalized spacial score (nSPS) is 12.5. The lowest BCUT2D eigenvalue weighted by atomic mass is 10.1. The Morgan fingerprint density at radius 3 is 2.60 bits per heavy atom. The number of aliphatic imine (C=N–C) groups is 1. The van der Waals surface area contributed by atoms with Crippen LogP contribution in [0.5, 0.6) is 0 Å². The van der Waals surface area contributed by atoms with Gasteiger partial charge in [-0.1, -0.05) is 6.07 Å². The molecule has 1 aromatic carbocycles. The van der Waals surface area contributed by atoms with Gasteiger partial charge in [-0.15, -0.1) is 35.3 Å². The number of aromatic nitrogens is 1. The molecule has 0 bridgehead atoms. The summed E-state index contributed by atoms with van der Waals surface area (Å²) >= 11 is 1.69. The fraction of sp³-hybridized carbons (Fsp3) is 0.412. The van der Waals surface area contributed by atoms with E-state index in [1.54, 1.807) is 25.3 Å². The number of nitrogens with zero attached hydrogens (tertiary/aromatic N) is 2. The average Bonchev–Trinajstić information content (AvgIpc) is 2.83. The Kier molecular flexibility index (Phi) is 8.70. The minimum absolute atomic E-state index is 0. The number of benzene rings is 1. The van der Waals surface area contributed by atoms with Crippen LogP contribution >= 0.6 is 35.3 Å². The molecule has 0 amide bonds. The Labute approximate surface area is 168 Å². The molecule has 0 spiro atoms. The van der Waals surface area contributed by atoms with Gasteiger partial charge in [0.05, 0.1) is 16.7 Å². The maximum absolute atomic E-state index is 13.8. The predicted molar refractivity (Wildman–Crippen MR) is 110 cm³/mol. The highest BCUT2D eigenvalue weighted by Crippen LogP contribution is 2.18. The van der Waals surface area contributed by atoms with Crippen LogP contribution < -0.4 is 10.6 Å². The van der Waals surface area contributed by atoms with Gasteiger partial charge in [-0.3, -0.25) is 4.99 Å². The fourth-order valence-electron chi connectivity index (χ4n) is 2.43. The topological polar surface area (TPSA) is 49.3 Å². The van der Waals surface area contributed by atoms with Crippen molar-refractivity contribution in [3.05, 3.63) is 51.0 Å². The van der Waals surface area contributed by atoms with Crippen LogP contribution in [-0.2, 0) is 6.42 Å². The number of hydrogen-bond donors (Lipinski definition) is 2. The second kappa shape index (κ2) is 10.0. The van der Waals surface area contributed by atoms with Crippen LogP contribution in [0.25, 0.3) is 0 Å². The van der Waals surface area contributed by atoms with Crippen molar-refractivity contribution in [3.8, 4) is 0 Å². The summed E-state index contributed by atoms with van der Waals surface area (Å²) in [5.74, 6) is -0.576. The van der Waals surface area contributed by atoms with Crippen molar-refractivity contribution in [2.75, 3.05) is 13.6 Å². The minimum atomic E-state index is -0.582. The fourth-order valence-corrected chi connectivity index (χ4v) is 3.37. The van der Waals surface area contributed by atoms with Crippen molar-refractivity contribution in [2.24, 2.45) is 4.99 Å². The number of guanidine groups is 1. The lowest BCUT2D eigenvalue weighted by Crippen LogP contribution is -2.39. The van der Waals surface area contributed by atoms with Crippen LogP contribution in [0.1, 0.15) is 34.1 Å². The molecule has 138 valence electrons. The van der Waals surface area contributed by atoms with Gasteiger partial charge in [-0.2, -0.15) is 0 Å². The highest BCUT2D eigenvalue weighted by atomic mass is 127. The van der Waals surface area contributed by atoms with Gasteiger partial charge >= 0.3 is 0 Å². The first kappa shape index (κ1) is 21.8. The molecule has 0 aliphatic rings. The molecule has 0 saturated heterocycles. The summed E-state index contributed by atoms with van der Waals surface area (Å²) in [5, 5.41) is 7.38. The third kappa shape index (κ3) is 6.18. The average molecular weight is 480 g/mol. The predicted octanol–water partition coefficient (Wildman–Crippen LogP) is 4.12. The molecule has 0 fully saturated rings. The third-order valence-electron chi connectivity index (χ3n) is 3.65. The largest absolute Gasteiger partial charge is 0.356 e. The molecule has 1 heterocycles. The van der Waals surface area contributed by atoms with E-state index < -0.39 is 11.6 Å². The summed E-state index contributed by atoms with van der Waals surface area (Å²) in [4.78, 5) is 9.80. The monoisotopic (exact) mass is 480 g/mol. The molecule has 0 radical (unpaired) electrons. The second-order valence-corrected chi connectivity index (χ2v) is 6.81. The molecule has 0 saturated carbocycles. The minimum Gasteiger partial charge on any atom is -0.356 e. The van der Waals surface area contributed by atoms with E-state index >= 15 is 0 Å². The van der Waals surface area contributed by atoms with Gasteiger partial charge in [0.1, 0.15) is 11.6 Å². The van der Waals surface area contributed by atoms with Gasteiger partial charge in [0.25, 0.3) is 0 Å². The summed E-state index contributed by atoms with van der Waals surface area (Å²) in [5.41, 5.74) is 1.46. The van der Waals surface area contributed by atoms with Crippen LogP contribution in [0.15, 0.2) is 23.2 Å². The van der Waals surface area contributed by atoms with Gasteiger partial charge in [-0.05, 0) is 26.8 Å². The molecule has 0 aliphatic carbocycles. The summed E-state index contributed by atoms with van der Waals surface area (Å²) in [6, 6.07) is 3.25. The van der Waals surface area contributed by atoms with E-state index in [2.05, 4.69) is 20.6 Å². The van der Waals surface area contributed by atoms with Crippen molar-refractivity contribution < 1.29 is 8.78 Å². The van der Waals surface area contributed by atoms with Crippen molar-refractivity contribution in [2.45, 2.75) is 33.2 Å². The lowest BCUT2D eigenvalue weighted by Gasteiger charge is -2.18. The summed E-state index contributed by atoms with van der Waals surface area (Å²) in [6.07, 6.45) is 0.845. The number of rotatable bonds is 5. The molecule has 2 N–H and O–H groups in total. The first-order chi connectivity index (χ1) is 11.4. The van der Waals surface area contributed by atoms with E-state index in [1.807, 2.05) is 13.8 Å². The Morgan fingerprint density at radius 2 is 2.04 bits per heavy atom. The van der Waals surface area contributed by atoms with E-state index in [4.69, 9.17) is 0 Å². The first-order valence-corrected chi connectivity index (χ1v) is 8.57. The zero-order chi connectivity index (χ0) is 17.7. The van der Waals surface area contributed by atoms with Crippen molar-refractivity contribution in [1.82, 2.24) is 15.6 Å². The van der Waals surface area contributed by atoms with Crippen molar-refractivity contribution in [1.29, 1.82) is 0 Å². The summed E-state index contributed by atoms with van der Waals surface area (Å²) in [6.45, 7) is 6.50. The summed E-state index contributed by atoms with van der Waals surface area (Å²) < 4.78 is 26.8. The van der Waals surface area contributed by atoms with Gasteiger partial charge in [0.15, 0.2) is 5.96 Å². The molecule has 25 heavy (non-hydrogen) atoms. The molecule has 0 aliphatic heterocycles. The quantitative estimate of drug-likeness (QED) is 0.385. The third-order valence-corrected chi connectivity index (χ3v) is 4.78. The number of thiazole rings is 1. The molecule has 1 unspecified atom stereocenters. The van der Waals surface area contributed by atoms with Crippen molar-refractivity contribution in [3.63, 3.8) is 0 Å². The lowest BCUT2D eigenvalue weighted by molar-refractivity contribution is 0.551. The number of halogens is 3.